The van der Waals surface area contributed by atoms with E-state index in [1.54, 1.807) is 4.90 Å². The number of hydrogen-bond donors (Lipinski definition) is 0. The Hall–Kier alpha value is -2.71. The van der Waals surface area contributed by atoms with Gasteiger partial charge in [-0.2, -0.15) is 5.26 Å². The summed E-state index contributed by atoms with van der Waals surface area (Å²) in [4.78, 5) is 17.0. The Balaban J connectivity index is 1.55. The third-order valence-corrected chi connectivity index (χ3v) is 5.89. The Bertz CT molecular complexity index is 847. The molecule has 0 radical (unpaired) electrons. The first-order valence-corrected chi connectivity index (χ1v) is 10.2. The SMILES string of the molecule is CC(C(=O)N1CC(N(C)CCCc2ccc(F)cc2)CC1C#N)c1ccccc1. The summed E-state index contributed by atoms with van der Waals surface area (Å²) < 4.78 is 13.0. The minimum atomic E-state index is -0.377. The van der Waals surface area contributed by atoms with Crippen molar-refractivity contribution in [2.24, 2.45) is 0 Å². The molecule has 0 bridgehead atoms. The number of nitriles is 1. The number of halogens is 1. The molecule has 1 amide bonds. The van der Waals surface area contributed by atoms with Crippen LogP contribution in [0.25, 0.3) is 0 Å². The molecule has 1 aliphatic rings. The monoisotopic (exact) mass is 393 g/mol. The molecule has 2 aromatic rings. The summed E-state index contributed by atoms with van der Waals surface area (Å²) in [6.45, 7) is 3.36. The molecule has 4 nitrogen and oxygen atoms in total. The van der Waals surface area contributed by atoms with Crippen molar-refractivity contribution in [3.63, 3.8) is 0 Å². The minimum Gasteiger partial charge on any atom is -0.325 e. The fourth-order valence-corrected chi connectivity index (χ4v) is 4.00. The van der Waals surface area contributed by atoms with Crippen LogP contribution in [0.3, 0.4) is 0 Å². The van der Waals surface area contributed by atoms with Crippen molar-refractivity contribution in [3.8, 4) is 6.07 Å². The van der Waals surface area contributed by atoms with Crippen LogP contribution in [0.1, 0.15) is 36.8 Å². The van der Waals surface area contributed by atoms with Crippen molar-refractivity contribution in [3.05, 3.63) is 71.5 Å². The Morgan fingerprint density at radius 2 is 1.93 bits per heavy atom. The van der Waals surface area contributed by atoms with Gasteiger partial charge in [0.25, 0.3) is 0 Å². The zero-order valence-corrected chi connectivity index (χ0v) is 17.1. The Labute approximate surface area is 172 Å². The number of amides is 1. The first-order valence-electron chi connectivity index (χ1n) is 10.2. The van der Waals surface area contributed by atoms with Crippen LogP contribution in [0.5, 0.6) is 0 Å². The summed E-state index contributed by atoms with van der Waals surface area (Å²) in [5, 5.41) is 9.59. The molecule has 0 N–H and O–H groups in total. The lowest BCUT2D eigenvalue weighted by molar-refractivity contribution is -0.132. The Morgan fingerprint density at radius 3 is 2.59 bits per heavy atom. The van der Waals surface area contributed by atoms with E-state index >= 15 is 0 Å². The van der Waals surface area contributed by atoms with Crippen molar-refractivity contribution in [2.45, 2.75) is 44.2 Å². The molecule has 1 fully saturated rings. The van der Waals surface area contributed by atoms with Crippen LogP contribution >= 0.6 is 0 Å². The van der Waals surface area contributed by atoms with E-state index < -0.39 is 0 Å². The van der Waals surface area contributed by atoms with E-state index in [1.165, 1.54) is 12.1 Å². The zero-order valence-electron chi connectivity index (χ0n) is 17.1. The van der Waals surface area contributed by atoms with E-state index in [9.17, 15) is 14.4 Å². The fraction of sp³-hybridized carbons (Fsp3) is 0.417. The van der Waals surface area contributed by atoms with Gasteiger partial charge in [-0.15, -0.1) is 0 Å². The summed E-state index contributed by atoms with van der Waals surface area (Å²) >= 11 is 0. The van der Waals surface area contributed by atoms with Gasteiger partial charge in [-0.25, -0.2) is 4.39 Å². The van der Waals surface area contributed by atoms with Gasteiger partial charge >= 0.3 is 0 Å². The topological polar surface area (TPSA) is 47.3 Å². The maximum atomic E-state index is 13.0. The van der Waals surface area contributed by atoms with Crippen molar-refractivity contribution in [1.82, 2.24) is 9.80 Å². The lowest BCUT2D eigenvalue weighted by atomic mass is 9.99. The number of nitrogens with zero attached hydrogens (tertiary/aromatic N) is 3. The molecule has 1 aliphatic heterocycles. The Morgan fingerprint density at radius 1 is 1.24 bits per heavy atom. The van der Waals surface area contributed by atoms with Gasteiger partial charge in [-0.05, 0) is 63.0 Å². The molecule has 152 valence electrons. The molecule has 3 rings (SSSR count). The normalized spacial score (nSPS) is 19.9. The largest absolute Gasteiger partial charge is 0.325 e. The number of rotatable bonds is 7. The maximum absolute atomic E-state index is 13.0. The zero-order chi connectivity index (χ0) is 20.8. The van der Waals surface area contributed by atoms with Gasteiger partial charge in [0.2, 0.25) is 5.91 Å². The van der Waals surface area contributed by atoms with E-state index in [0.717, 1.165) is 30.5 Å². The number of carbonyl (C=O) groups excluding carboxylic acids is 1. The molecule has 3 unspecified atom stereocenters. The second kappa shape index (κ2) is 9.67. The smallest absolute Gasteiger partial charge is 0.230 e. The molecule has 1 saturated heterocycles. The van der Waals surface area contributed by atoms with Crippen molar-refractivity contribution in [2.75, 3.05) is 20.1 Å². The van der Waals surface area contributed by atoms with Crippen LogP contribution in [-0.2, 0) is 11.2 Å². The van der Waals surface area contributed by atoms with Crippen molar-refractivity contribution in [1.29, 1.82) is 5.26 Å². The van der Waals surface area contributed by atoms with E-state index in [1.807, 2.05) is 49.4 Å². The van der Waals surface area contributed by atoms with Gasteiger partial charge < -0.3 is 9.80 Å². The number of hydrogen-bond acceptors (Lipinski definition) is 3. The van der Waals surface area contributed by atoms with Crippen LogP contribution in [-0.4, -0.2) is 47.9 Å². The maximum Gasteiger partial charge on any atom is 0.230 e. The highest BCUT2D eigenvalue weighted by Gasteiger charge is 2.38. The van der Waals surface area contributed by atoms with Crippen LogP contribution < -0.4 is 0 Å². The summed E-state index contributed by atoms with van der Waals surface area (Å²) in [5.41, 5.74) is 2.10. The minimum absolute atomic E-state index is 0.0185. The van der Waals surface area contributed by atoms with Crippen molar-refractivity contribution < 1.29 is 9.18 Å². The second-order valence-electron chi connectivity index (χ2n) is 7.87. The van der Waals surface area contributed by atoms with Gasteiger partial charge in [0.15, 0.2) is 0 Å². The molecule has 0 aromatic heterocycles. The van der Waals surface area contributed by atoms with E-state index in [0.29, 0.717) is 13.0 Å². The summed E-state index contributed by atoms with van der Waals surface area (Å²) in [7, 11) is 2.05. The van der Waals surface area contributed by atoms with Crippen molar-refractivity contribution >= 4 is 5.91 Å². The molecule has 5 heteroatoms. The Kier molecular flexibility index (Phi) is 7.00. The molecule has 0 saturated carbocycles. The number of likely N-dealkylation sites (N-methyl/N-ethyl adjacent to an activating group) is 1. The van der Waals surface area contributed by atoms with Crippen LogP contribution in [0, 0.1) is 17.1 Å². The molecule has 1 heterocycles. The summed E-state index contributed by atoms with van der Waals surface area (Å²) in [6, 6.07) is 18.5. The quantitative estimate of drug-likeness (QED) is 0.715. The predicted octanol–water partition coefficient (Wildman–Crippen LogP) is 3.99. The molecule has 3 atom stereocenters. The first-order chi connectivity index (χ1) is 14.0. The van der Waals surface area contributed by atoms with Crippen LogP contribution in [0.2, 0.25) is 0 Å². The molecule has 0 aliphatic carbocycles. The number of carbonyl (C=O) groups is 1. The molecule has 0 spiro atoms. The molecular formula is C24H28FN3O. The number of likely N-dealkylation sites (tertiary alicyclic amines) is 1. The molecule has 2 aromatic carbocycles. The number of aryl methyl sites for hydroxylation is 1. The van der Waals surface area contributed by atoms with Gasteiger partial charge in [0.05, 0.1) is 12.0 Å². The third-order valence-electron chi connectivity index (χ3n) is 5.89. The van der Waals surface area contributed by atoms with Crippen LogP contribution in [0.15, 0.2) is 54.6 Å². The highest BCUT2D eigenvalue weighted by Crippen LogP contribution is 2.26. The summed E-state index contributed by atoms with van der Waals surface area (Å²) in [5.74, 6) is -0.451. The fourth-order valence-electron chi connectivity index (χ4n) is 4.00. The standard InChI is InChI=1S/C24H28FN3O/c1-18(20-8-4-3-5-9-20)24(29)28-17-23(15-22(28)16-26)27(2)14-6-7-19-10-12-21(25)13-11-19/h3-5,8-13,18,22-23H,6-7,14-15,17H2,1-2H3. The van der Waals surface area contributed by atoms with E-state index in [-0.39, 0.29) is 29.7 Å². The second-order valence-corrected chi connectivity index (χ2v) is 7.87. The molecule has 29 heavy (non-hydrogen) atoms. The van der Waals surface area contributed by atoms with E-state index in [2.05, 4.69) is 18.0 Å². The van der Waals surface area contributed by atoms with Gasteiger partial charge in [0, 0.05) is 12.6 Å². The first kappa shape index (κ1) is 21.0. The summed E-state index contributed by atoms with van der Waals surface area (Å²) in [6.07, 6.45) is 2.51. The highest BCUT2D eigenvalue weighted by atomic mass is 19.1. The lowest BCUT2D eigenvalue weighted by Gasteiger charge is -2.26. The molecular weight excluding hydrogens is 365 g/mol. The van der Waals surface area contributed by atoms with Gasteiger partial charge in [-0.1, -0.05) is 42.5 Å². The van der Waals surface area contributed by atoms with E-state index in [4.69, 9.17) is 0 Å². The highest BCUT2D eigenvalue weighted by molar-refractivity contribution is 5.84. The average molecular weight is 394 g/mol. The van der Waals surface area contributed by atoms with Gasteiger partial charge in [0.1, 0.15) is 11.9 Å². The number of benzene rings is 2. The average Bonchev–Trinajstić information content (AvgIpc) is 3.19. The lowest BCUT2D eigenvalue weighted by Crippen LogP contribution is -2.40. The third kappa shape index (κ3) is 5.21. The van der Waals surface area contributed by atoms with Crippen LogP contribution in [0.4, 0.5) is 4.39 Å². The van der Waals surface area contributed by atoms with Gasteiger partial charge in [-0.3, -0.25) is 4.79 Å². The predicted molar refractivity (Wildman–Crippen MR) is 112 cm³/mol.